The smallest absolute Gasteiger partial charge is 0.140 e. The van der Waals surface area contributed by atoms with E-state index < -0.39 is 0 Å². The van der Waals surface area contributed by atoms with Crippen molar-refractivity contribution in [3.8, 4) is 0 Å². The van der Waals surface area contributed by atoms with Gasteiger partial charge in [-0.15, -0.1) is 0 Å². The molecular formula is C20H23N5O. The number of aromatic nitrogens is 4. The molecule has 0 aliphatic carbocycles. The van der Waals surface area contributed by atoms with Crippen LogP contribution in [0.25, 0.3) is 0 Å². The van der Waals surface area contributed by atoms with Gasteiger partial charge in [-0.1, -0.05) is 30.3 Å². The molecule has 1 aliphatic heterocycles. The SMILES string of the molecule is CCn1ccnc1[C@H]1OCC[C@@H]1Nc1ccnc(Cc2ccccc2)n1. The van der Waals surface area contributed by atoms with Gasteiger partial charge in [-0.3, -0.25) is 0 Å². The first-order valence-electron chi connectivity index (χ1n) is 9.08. The Labute approximate surface area is 153 Å². The molecule has 1 fully saturated rings. The van der Waals surface area contributed by atoms with Crippen LogP contribution < -0.4 is 5.32 Å². The molecule has 2 aromatic heterocycles. The van der Waals surface area contributed by atoms with Crippen LogP contribution in [0.3, 0.4) is 0 Å². The van der Waals surface area contributed by atoms with Crippen molar-refractivity contribution in [3.05, 3.63) is 72.2 Å². The van der Waals surface area contributed by atoms with Gasteiger partial charge in [0.2, 0.25) is 0 Å². The minimum Gasteiger partial charge on any atom is -0.368 e. The van der Waals surface area contributed by atoms with Crippen molar-refractivity contribution < 1.29 is 4.74 Å². The number of hydrogen-bond donors (Lipinski definition) is 1. The molecule has 0 amide bonds. The van der Waals surface area contributed by atoms with Crippen LogP contribution >= 0.6 is 0 Å². The van der Waals surface area contributed by atoms with E-state index in [1.807, 2.05) is 42.9 Å². The van der Waals surface area contributed by atoms with Gasteiger partial charge in [0, 0.05) is 38.2 Å². The van der Waals surface area contributed by atoms with Crippen molar-refractivity contribution >= 4 is 5.82 Å². The quantitative estimate of drug-likeness (QED) is 0.740. The lowest BCUT2D eigenvalue weighted by atomic mass is 10.1. The first-order chi connectivity index (χ1) is 12.8. The summed E-state index contributed by atoms with van der Waals surface area (Å²) >= 11 is 0. The molecule has 0 bridgehead atoms. The molecule has 6 nitrogen and oxygen atoms in total. The average Bonchev–Trinajstić information content (AvgIpc) is 3.31. The second kappa shape index (κ2) is 7.66. The van der Waals surface area contributed by atoms with Gasteiger partial charge in [-0.05, 0) is 25.0 Å². The average molecular weight is 349 g/mol. The highest BCUT2D eigenvalue weighted by Gasteiger charge is 2.32. The third kappa shape index (κ3) is 3.60. The van der Waals surface area contributed by atoms with E-state index in [0.29, 0.717) is 0 Å². The Balaban J connectivity index is 1.49. The summed E-state index contributed by atoms with van der Waals surface area (Å²) in [4.78, 5) is 13.6. The van der Waals surface area contributed by atoms with Crippen molar-refractivity contribution in [1.82, 2.24) is 19.5 Å². The lowest BCUT2D eigenvalue weighted by Gasteiger charge is -2.21. The normalized spacial score (nSPS) is 19.6. The summed E-state index contributed by atoms with van der Waals surface area (Å²) in [5.41, 5.74) is 1.21. The first-order valence-corrected chi connectivity index (χ1v) is 9.08. The summed E-state index contributed by atoms with van der Waals surface area (Å²) in [7, 11) is 0. The maximum Gasteiger partial charge on any atom is 0.140 e. The highest BCUT2D eigenvalue weighted by atomic mass is 16.5. The maximum atomic E-state index is 5.96. The largest absolute Gasteiger partial charge is 0.368 e. The van der Waals surface area contributed by atoms with Gasteiger partial charge < -0.3 is 14.6 Å². The Kier molecular flexibility index (Phi) is 4.93. The summed E-state index contributed by atoms with van der Waals surface area (Å²) in [5, 5.41) is 3.53. The second-order valence-electron chi connectivity index (χ2n) is 6.42. The lowest BCUT2D eigenvalue weighted by molar-refractivity contribution is 0.0976. The topological polar surface area (TPSA) is 64.9 Å². The fraction of sp³-hybridized carbons (Fsp3) is 0.350. The van der Waals surface area contributed by atoms with E-state index in [9.17, 15) is 0 Å². The number of aryl methyl sites for hydroxylation is 1. The fourth-order valence-electron chi connectivity index (χ4n) is 3.37. The molecule has 3 heterocycles. The van der Waals surface area contributed by atoms with Crippen molar-refractivity contribution in [2.45, 2.75) is 38.5 Å². The van der Waals surface area contributed by atoms with E-state index in [1.165, 1.54) is 5.56 Å². The summed E-state index contributed by atoms with van der Waals surface area (Å²) in [5.74, 6) is 2.62. The van der Waals surface area contributed by atoms with Gasteiger partial charge in [-0.2, -0.15) is 0 Å². The number of hydrogen-bond acceptors (Lipinski definition) is 5. The summed E-state index contributed by atoms with van der Waals surface area (Å²) in [6.45, 7) is 3.72. The molecule has 6 heteroatoms. The van der Waals surface area contributed by atoms with Crippen LogP contribution in [0.15, 0.2) is 55.0 Å². The Hall–Kier alpha value is -2.73. The summed E-state index contributed by atoms with van der Waals surface area (Å²) in [6, 6.07) is 12.3. The zero-order valence-electron chi connectivity index (χ0n) is 14.9. The van der Waals surface area contributed by atoms with E-state index in [4.69, 9.17) is 4.74 Å². The maximum absolute atomic E-state index is 5.96. The number of nitrogens with zero attached hydrogens (tertiary/aromatic N) is 4. The van der Waals surface area contributed by atoms with Crippen LogP contribution in [-0.2, 0) is 17.7 Å². The van der Waals surface area contributed by atoms with Crippen LogP contribution in [0, 0.1) is 0 Å². The number of rotatable bonds is 6. The van der Waals surface area contributed by atoms with Gasteiger partial charge in [0.25, 0.3) is 0 Å². The Morgan fingerprint density at radius 2 is 2.04 bits per heavy atom. The molecule has 1 saturated heterocycles. The van der Waals surface area contributed by atoms with Crippen LogP contribution in [0.4, 0.5) is 5.82 Å². The molecule has 1 aliphatic rings. The molecular weight excluding hydrogens is 326 g/mol. The summed E-state index contributed by atoms with van der Waals surface area (Å²) < 4.78 is 8.09. The predicted molar refractivity (Wildman–Crippen MR) is 99.9 cm³/mol. The van der Waals surface area contributed by atoms with E-state index >= 15 is 0 Å². The van der Waals surface area contributed by atoms with Gasteiger partial charge in [0.05, 0.1) is 6.04 Å². The number of benzene rings is 1. The molecule has 26 heavy (non-hydrogen) atoms. The van der Waals surface area contributed by atoms with E-state index in [0.717, 1.165) is 43.5 Å². The van der Waals surface area contributed by atoms with Crippen molar-refractivity contribution in [3.63, 3.8) is 0 Å². The molecule has 0 saturated carbocycles. The number of ether oxygens (including phenoxy) is 1. The van der Waals surface area contributed by atoms with Crippen molar-refractivity contribution in [2.75, 3.05) is 11.9 Å². The summed E-state index contributed by atoms with van der Waals surface area (Å²) in [6.07, 6.45) is 7.24. The monoisotopic (exact) mass is 349 g/mol. The first kappa shape index (κ1) is 16.7. The molecule has 0 radical (unpaired) electrons. The molecule has 1 N–H and O–H groups in total. The third-order valence-electron chi connectivity index (χ3n) is 4.68. The van der Waals surface area contributed by atoms with E-state index in [1.54, 1.807) is 0 Å². The number of imidazole rings is 1. The number of anilines is 1. The number of nitrogens with one attached hydrogen (secondary N) is 1. The molecule has 1 aromatic carbocycles. The predicted octanol–water partition coefficient (Wildman–Crippen LogP) is 3.23. The zero-order valence-corrected chi connectivity index (χ0v) is 14.9. The van der Waals surface area contributed by atoms with Gasteiger partial charge in [0.1, 0.15) is 23.6 Å². The van der Waals surface area contributed by atoms with Crippen LogP contribution in [0.2, 0.25) is 0 Å². The van der Waals surface area contributed by atoms with Gasteiger partial charge in [0.15, 0.2) is 0 Å². The van der Waals surface area contributed by atoms with Crippen LogP contribution in [-0.4, -0.2) is 32.2 Å². The van der Waals surface area contributed by atoms with Crippen LogP contribution in [0.1, 0.15) is 36.7 Å². The minimum atomic E-state index is -0.0579. The standard InChI is InChI=1S/C20H23N5O/c1-2-25-12-11-22-20(25)19-16(9-13-26-19)23-17-8-10-21-18(24-17)14-15-6-4-3-5-7-15/h3-8,10-12,16,19H,2,9,13-14H2,1H3,(H,21,23,24)/t16-,19-/m0/s1. The molecule has 3 aromatic rings. The van der Waals surface area contributed by atoms with E-state index in [-0.39, 0.29) is 12.1 Å². The highest BCUT2D eigenvalue weighted by Crippen LogP contribution is 2.30. The Bertz CT molecular complexity index is 848. The fourth-order valence-corrected chi connectivity index (χ4v) is 3.37. The minimum absolute atomic E-state index is 0.0579. The molecule has 134 valence electrons. The van der Waals surface area contributed by atoms with Gasteiger partial charge in [-0.25, -0.2) is 15.0 Å². The highest BCUT2D eigenvalue weighted by molar-refractivity contribution is 5.36. The van der Waals surface area contributed by atoms with Crippen LogP contribution in [0.5, 0.6) is 0 Å². The zero-order chi connectivity index (χ0) is 17.8. The van der Waals surface area contributed by atoms with Gasteiger partial charge >= 0.3 is 0 Å². The Morgan fingerprint density at radius 1 is 1.15 bits per heavy atom. The van der Waals surface area contributed by atoms with Crippen molar-refractivity contribution in [2.24, 2.45) is 0 Å². The third-order valence-corrected chi connectivity index (χ3v) is 4.68. The second-order valence-corrected chi connectivity index (χ2v) is 6.42. The molecule has 2 atom stereocenters. The molecule has 0 spiro atoms. The molecule has 4 rings (SSSR count). The lowest BCUT2D eigenvalue weighted by Crippen LogP contribution is -2.26. The van der Waals surface area contributed by atoms with E-state index in [2.05, 4.69) is 43.9 Å². The Morgan fingerprint density at radius 3 is 2.88 bits per heavy atom. The molecule has 0 unspecified atom stereocenters. The van der Waals surface area contributed by atoms with Crippen molar-refractivity contribution in [1.29, 1.82) is 0 Å².